The van der Waals surface area contributed by atoms with Crippen LogP contribution in [0, 0.1) is 20.8 Å². The summed E-state index contributed by atoms with van der Waals surface area (Å²) in [6, 6.07) is 9.26. The van der Waals surface area contributed by atoms with Crippen LogP contribution in [0.4, 0.5) is 0 Å². The van der Waals surface area contributed by atoms with Gasteiger partial charge in [0.15, 0.2) is 0 Å². The van der Waals surface area contributed by atoms with E-state index in [1.807, 2.05) is 45.0 Å². The highest BCUT2D eigenvalue weighted by atomic mass is 32.2. The van der Waals surface area contributed by atoms with Crippen LogP contribution in [0.5, 0.6) is 0 Å². The summed E-state index contributed by atoms with van der Waals surface area (Å²) in [5.74, 6) is 0.757. The molecule has 0 spiro atoms. The van der Waals surface area contributed by atoms with Crippen LogP contribution in [0.2, 0.25) is 0 Å². The van der Waals surface area contributed by atoms with Gasteiger partial charge in [-0.1, -0.05) is 28.9 Å². The second kappa shape index (κ2) is 6.54. The average molecular weight is 384 g/mol. The van der Waals surface area contributed by atoms with Gasteiger partial charge in [-0.3, -0.25) is 4.98 Å². The van der Waals surface area contributed by atoms with Gasteiger partial charge in [-0.05, 0) is 44.0 Å². The summed E-state index contributed by atoms with van der Waals surface area (Å²) < 4.78 is 32.8. The second-order valence-corrected chi connectivity index (χ2v) is 8.79. The fourth-order valence-corrected chi connectivity index (χ4v) is 5.44. The highest BCUT2D eigenvalue weighted by Gasteiger charge is 2.41. The number of nitrogens with zero attached hydrogens (tertiary/aromatic N) is 4. The van der Waals surface area contributed by atoms with Gasteiger partial charge in [0.05, 0.1) is 10.8 Å². The summed E-state index contributed by atoms with van der Waals surface area (Å²) in [5, 5.41) is 3.96. The van der Waals surface area contributed by atoms with Crippen LogP contribution >= 0.6 is 0 Å². The normalized spacial score (nSPS) is 15.7. The van der Waals surface area contributed by atoms with E-state index in [0.717, 1.165) is 16.7 Å². The molecule has 0 aliphatic carbocycles. The maximum absolute atomic E-state index is 13.0. The monoisotopic (exact) mass is 384 g/mol. The molecule has 1 saturated heterocycles. The average Bonchev–Trinajstić information content (AvgIpc) is 3.02. The van der Waals surface area contributed by atoms with Crippen LogP contribution in [-0.4, -0.2) is 40.9 Å². The Kier molecular flexibility index (Phi) is 4.32. The predicted molar refractivity (Wildman–Crippen MR) is 99.7 cm³/mol. The van der Waals surface area contributed by atoms with Crippen molar-refractivity contribution in [3.8, 4) is 11.5 Å². The number of benzene rings is 1. The molecular formula is C19H20N4O3S. The standard InChI is InChI=1S/C19H20N4O3S/c1-12-8-13(2)17(14(3)9-12)27(24,25)23-10-15(11-23)19-21-18(22-26-19)16-6-4-5-7-20-16/h4-9,15H,10-11H2,1-3H3. The van der Waals surface area contributed by atoms with E-state index in [4.69, 9.17) is 4.52 Å². The van der Waals surface area contributed by atoms with E-state index in [0.29, 0.717) is 35.4 Å². The molecule has 1 aliphatic rings. The molecule has 1 fully saturated rings. The molecule has 1 aromatic carbocycles. The van der Waals surface area contributed by atoms with E-state index >= 15 is 0 Å². The maximum atomic E-state index is 13.0. The lowest BCUT2D eigenvalue weighted by Crippen LogP contribution is -2.48. The molecule has 8 heteroatoms. The van der Waals surface area contributed by atoms with Gasteiger partial charge in [-0.15, -0.1) is 0 Å². The Bertz CT molecular complexity index is 1060. The molecule has 27 heavy (non-hydrogen) atoms. The van der Waals surface area contributed by atoms with E-state index in [2.05, 4.69) is 15.1 Å². The molecule has 1 aliphatic heterocycles. The number of aryl methyl sites for hydroxylation is 3. The smallest absolute Gasteiger partial charge is 0.243 e. The van der Waals surface area contributed by atoms with Crippen molar-refractivity contribution in [2.24, 2.45) is 0 Å². The predicted octanol–water partition coefficient (Wildman–Crippen LogP) is 2.84. The van der Waals surface area contributed by atoms with Crippen molar-refractivity contribution >= 4 is 10.0 Å². The summed E-state index contributed by atoms with van der Waals surface area (Å²) in [6.07, 6.45) is 1.66. The lowest BCUT2D eigenvalue weighted by Gasteiger charge is -2.36. The van der Waals surface area contributed by atoms with Crippen molar-refractivity contribution in [3.05, 3.63) is 59.1 Å². The van der Waals surface area contributed by atoms with Gasteiger partial charge >= 0.3 is 0 Å². The summed E-state index contributed by atoms with van der Waals surface area (Å²) in [6.45, 7) is 6.30. The second-order valence-electron chi connectivity index (χ2n) is 6.92. The van der Waals surface area contributed by atoms with Crippen molar-refractivity contribution in [2.75, 3.05) is 13.1 Å². The van der Waals surface area contributed by atoms with Gasteiger partial charge < -0.3 is 4.52 Å². The van der Waals surface area contributed by atoms with E-state index in [1.165, 1.54) is 4.31 Å². The molecule has 0 N–H and O–H groups in total. The molecule has 0 amide bonds. The quantitative estimate of drug-likeness (QED) is 0.687. The van der Waals surface area contributed by atoms with Crippen molar-refractivity contribution in [1.29, 1.82) is 0 Å². The molecule has 0 unspecified atom stereocenters. The molecule has 3 aromatic rings. The third-order valence-corrected chi connectivity index (χ3v) is 6.87. The minimum absolute atomic E-state index is 0.101. The minimum Gasteiger partial charge on any atom is -0.339 e. The molecule has 0 bridgehead atoms. The number of aromatic nitrogens is 3. The van der Waals surface area contributed by atoms with E-state index in [9.17, 15) is 8.42 Å². The topological polar surface area (TPSA) is 89.2 Å². The van der Waals surface area contributed by atoms with Gasteiger partial charge in [0, 0.05) is 19.3 Å². The van der Waals surface area contributed by atoms with E-state index in [-0.39, 0.29) is 5.92 Å². The highest BCUT2D eigenvalue weighted by molar-refractivity contribution is 7.89. The van der Waals surface area contributed by atoms with Gasteiger partial charge in [0.25, 0.3) is 0 Å². The van der Waals surface area contributed by atoms with Crippen LogP contribution in [0.3, 0.4) is 0 Å². The Balaban J connectivity index is 1.52. The fraction of sp³-hybridized carbons (Fsp3) is 0.316. The lowest BCUT2D eigenvalue weighted by atomic mass is 10.0. The fourth-order valence-electron chi connectivity index (χ4n) is 3.49. The van der Waals surface area contributed by atoms with Crippen LogP contribution in [0.1, 0.15) is 28.5 Å². The van der Waals surface area contributed by atoms with Crippen LogP contribution in [-0.2, 0) is 10.0 Å². The van der Waals surface area contributed by atoms with E-state index in [1.54, 1.807) is 12.3 Å². The van der Waals surface area contributed by atoms with Crippen LogP contribution in [0.25, 0.3) is 11.5 Å². The third kappa shape index (κ3) is 3.15. The summed E-state index contributed by atoms with van der Waals surface area (Å²) in [7, 11) is -3.54. The molecule has 0 radical (unpaired) electrons. The molecule has 3 heterocycles. The molecule has 0 atom stereocenters. The first-order valence-corrected chi connectivity index (χ1v) is 10.1. The lowest BCUT2D eigenvalue weighted by molar-refractivity contribution is 0.216. The Morgan fingerprint density at radius 3 is 2.44 bits per heavy atom. The summed E-state index contributed by atoms with van der Waals surface area (Å²) >= 11 is 0. The molecule has 2 aromatic heterocycles. The zero-order valence-electron chi connectivity index (χ0n) is 15.4. The Labute approximate surface area is 158 Å². The SMILES string of the molecule is Cc1cc(C)c(S(=O)(=O)N2CC(c3nc(-c4ccccn4)no3)C2)c(C)c1. The van der Waals surface area contributed by atoms with Crippen molar-refractivity contribution in [2.45, 2.75) is 31.6 Å². The zero-order valence-corrected chi connectivity index (χ0v) is 16.2. The highest BCUT2D eigenvalue weighted by Crippen LogP contribution is 2.34. The number of sulfonamides is 1. The Morgan fingerprint density at radius 1 is 1.11 bits per heavy atom. The maximum Gasteiger partial charge on any atom is 0.243 e. The van der Waals surface area contributed by atoms with Crippen molar-refractivity contribution < 1.29 is 12.9 Å². The third-order valence-electron chi connectivity index (χ3n) is 4.74. The van der Waals surface area contributed by atoms with Crippen molar-refractivity contribution in [3.63, 3.8) is 0 Å². The van der Waals surface area contributed by atoms with Crippen molar-refractivity contribution in [1.82, 2.24) is 19.4 Å². The first-order valence-electron chi connectivity index (χ1n) is 8.69. The van der Waals surface area contributed by atoms with Gasteiger partial charge in [-0.2, -0.15) is 9.29 Å². The van der Waals surface area contributed by atoms with Gasteiger partial charge in [0.2, 0.25) is 21.7 Å². The number of pyridine rings is 1. The molecular weight excluding hydrogens is 364 g/mol. The first kappa shape index (κ1) is 17.8. The van der Waals surface area contributed by atoms with Crippen LogP contribution < -0.4 is 0 Å². The largest absolute Gasteiger partial charge is 0.339 e. The number of hydrogen-bond acceptors (Lipinski definition) is 6. The summed E-state index contributed by atoms with van der Waals surface area (Å²) in [5.41, 5.74) is 3.22. The number of rotatable bonds is 4. The molecule has 4 rings (SSSR count). The van der Waals surface area contributed by atoms with Gasteiger partial charge in [-0.25, -0.2) is 8.42 Å². The Morgan fingerprint density at radius 2 is 1.81 bits per heavy atom. The zero-order chi connectivity index (χ0) is 19.2. The molecule has 140 valence electrons. The van der Waals surface area contributed by atoms with Gasteiger partial charge in [0.1, 0.15) is 5.69 Å². The first-order chi connectivity index (χ1) is 12.9. The Hall–Kier alpha value is -2.58. The van der Waals surface area contributed by atoms with E-state index < -0.39 is 10.0 Å². The minimum atomic E-state index is -3.54. The van der Waals surface area contributed by atoms with Crippen LogP contribution in [0.15, 0.2) is 45.9 Å². The molecule has 0 saturated carbocycles. The number of hydrogen-bond donors (Lipinski definition) is 0. The molecule has 7 nitrogen and oxygen atoms in total. The summed E-state index contributed by atoms with van der Waals surface area (Å²) in [4.78, 5) is 8.97.